The molecule has 6 rings (SSSR count). The minimum atomic E-state index is -0.164. The highest BCUT2D eigenvalue weighted by Gasteiger charge is 2.41. The number of ether oxygens (including phenoxy) is 1. The second-order valence-corrected chi connectivity index (χ2v) is 7.95. The molecular formula is C23H18N6O2. The van der Waals surface area contributed by atoms with Gasteiger partial charge in [-0.05, 0) is 37.1 Å². The molecule has 4 aromatic rings. The Labute approximate surface area is 177 Å². The number of fused-ring (bicyclic) bond motifs is 4. The van der Waals surface area contributed by atoms with E-state index in [1.807, 2.05) is 27.5 Å². The molecule has 1 aliphatic heterocycles. The van der Waals surface area contributed by atoms with Crippen LogP contribution in [-0.2, 0) is 0 Å². The standard InChI is InChI=1S/C23H18N6O2/c1-25-14-3-6-16-20(11-31-21(16)9-14)29(15-4-5-15)23(30)13-2-7-17-18(8-13)28-12-26-10-19(28)22(24)27-17/h2-3,6-10,12,15,20H,4-5,11H2,(H2,24,27)/t20-/m1/s1. The number of hydrogen-bond donors (Lipinski definition) is 1. The molecule has 152 valence electrons. The van der Waals surface area contributed by atoms with Crippen molar-refractivity contribution in [2.75, 3.05) is 12.3 Å². The van der Waals surface area contributed by atoms with E-state index >= 15 is 0 Å². The molecule has 0 unspecified atom stereocenters. The molecule has 0 saturated heterocycles. The van der Waals surface area contributed by atoms with E-state index < -0.39 is 0 Å². The van der Waals surface area contributed by atoms with E-state index in [4.69, 9.17) is 17.0 Å². The number of benzene rings is 2. The zero-order chi connectivity index (χ0) is 21.1. The van der Waals surface area contributed by atoms with Gasteiger partial charge >= 0.3 is 0 Å². The summed E-state index contributed by atoms with van der Waals surface area (Å²) in [6.45, 7) is 7.61. The third kappa shape index (κ3) is 2.70. The molecule has 1 saturated carbocycles. The fourth-order valence-corrected chi connectivity index (χ4v) is 4.35. The topological polar surface area (TPSA) is 90.1 Å². The first kappa shape index (κ1) is 17.7. The van der Waals surface area contributed by atoms with E-state index in [1.54, 1.807) is 30.7 Å². The van der Waals surface area contributed by atoms with E-state index in [9.17, 15) is 4.79 Å². The Balaban J connectivity index is 1.42. The van der Waals surface area contributed by atoms with E-state index in [0.29, 0.717) is 40.5 Å². The van der Waals surface area contributed by atoms with Crippen LogP contribution in [0.3, 0.4) is 0 Å². The molecule has 0 bridgehead atoms. The van der Waals surface area contributed by atoms with Gasteiger partial charge in [-0.1, -0.05) is 12.1 Å². The van der Waals surface area contributed by atoms with Crippen LogP contribution in [0.2, 0.25) is 0 Å². The summed E-state index contributed by atoms with van der Waals surface area (Å²) in [5, 5.41) is 0. The van der Waals surface area contributed by atoms with Gasteiger partial charge in [0.1, 0.15) is 23.7 Å². The molecule has 2 N–H and O–H groups in total. The highest BCUT2D eigenvalue weighted by atomic mass is 16.5. The van der Waals surface area contributed by atoms with Crippen LogP contribution in [0.5, 0.6) is 5.75 Å². The number of imidazole rings is 1. The van der Waals surface area contributed by atoms with Crippen molar-refractivity contribution in [2.24, 2.45) is 0 Å². The van der Waals surface area contributed by atoms with Gasteiger partial charge in [-0.2, -0.15) is 0 Å². The lowest BCUT2D eigenvalue weighted by molar-refractivity contribution is 0.0630. The maximum Gasteiger partial charge on any atom is 0.254 e. The zero-order valence-electron chi connectivity index (χ0n) is 16.5. The number of carbonyl (C=O) groups is 1. The van der Waals surface area contributed by atoms with Crippen LogP contribution >= 0.6 is 0 Å². The van der Waals surface area contributed by atoms with Crippen LogP contribution in [0.4, 0.5) is 11.5 Å². The van der Waals surface area contributed by atoms with Gasteiger partial charge in [-0.25, -0.2) is 14.8 Å². The Hall–Kier alpha value is -4.12. The third-order valence-corrected chi connectivity index (χ3v) is 6.02. The Morgan fingerprint density at radius 3 is 2.90 bits per heavy atom. The number of nitrogens with zero attached hydrogens (tertiary/aromatic N) is 5. The molecule has 2 aromatic heterocycles. The summed E-state index contributed by atoms with van der Waals surface area (Å²) in [5.41, 5.74) is 10.3. The predicted octanol–water partition coefficient (Wildman–Crippen LogP) is 3.75. The largest absolute Gasteiger partial charge is 0.492 e. The van der Waals surface area contributed by atoms with Crippen molar-refractivity contribution < 1.29 is 9.53 Å². The summed E-state index contributed by atoms with van der Waals surface area (Å²) >= 11 is 0. The van der Waals surface area contributed by atoms with Gasteiger partial charge in [0, 0.05) is 17.2 Å². The van der Waals surface area contributed by atoms with Crippen LogP contribution in [0.15, 0.2) is 48.9 Å². The number of nitrogens with two attached hydrogens (primary N) is 1. The van der Waals surface area contributed by atoms with E-state index in [-0.39, 0.29) is 18.0 Å². The molecule has 1 fully saturated rings. The summed E-state index contributed by atoms with van der Waals surface area (Å²) in [6.07, 6.45) is 5.31. The van der Waals surface area contributed by atoms with Crippen molar-refractivity contribution in [1.29, 1.82) is 0 Å². The first-order valence-electron chi connectivity index (χ1n) is 10.1. The predicted molar refractivity (Wildman–Crippen MR) is 115 cm³/mol. The summed E-state index contributed by atoms with van der Waals surface area (Å²) in [4.78, 5) is 27.7. The van der Waals surface area contributed by atoms with Crippen LogP contribution < -0.4 is 10.5 Å². The average molecular weight is 410 g/mol. The average Bonchev–Trinajstić information content (AvgIpc) is 3.33. The van der Waals surface area contributed by atoms with Crippen LogP contribution in [0.25, 0.3) is 21.4 Å². The maximum atomic E-state index is 13.7. The van der Waals surface area contributed by atoms with Crippen molar-refractivity contribution in [3.63, 3.8) is 0 Å². The van der Waals surface area contributed by atoms with Gasteiger partial charge in [0.25, 0.3) is 5.91 Å². The first-order valence-corrected chi connectivity index (χ1v) is 10.1. The minimum absolute atomic E-state index is 0.0369. The highest BCUT2D eigenvalue weighted by molar-refractivity contribution is 5.98. The highest BCUT2D eigenvalue weighted by Crippen LogP contribution is 2.43. The van der Waals surface area contributed by atoms with Crippen molar-refractivity contribution in [3.8, 4) is 5.75 Å². The lowest BCUT2D eigenvalue weighted by Crippen LogP contribution is -2.37. The molecule has 31 heavy (non-hydrogen) atoms. The van der Waals surface area contributed by atoms with Gasteiger partial charge in [-0.15, -0.1) is 0 Å². The van der Waals surface area contributed by atoms with Gasteiger partial charge in [0.2, 0.25) is 0 Å². The molecule has 8 nitrogen and oxygen atoms in total. The molecule has 2 aliphatic rings. The molecule has 3 heterocycles. The summed E-state index contributed by atoms with van der Waals surface area (Å²) < 4.78 is 7.71. The Morgan fingerprint density at radius 2 is 2.10 bits per heavy atom. The molecule has 2 aromatic carbocycles. The lowest BCUT2D eigenvalue weighted by Gasteiger charge is -2.28. The van der Waals surface area contributed by atoms with Crippen molar-refractivity contribution >= 4 is 34.0 Å². The van der Waals surface area contributed by atoms with Gasteiger partial charge in [0.15, 0.2) is 5.69 Å². The fourth-order valence-electron chi connectivity index (χ4n) is 4.35. The Morgan fingerprint density at radius 1 is 1.23 bits per heavy atom. The van der Waals surface area contributed by atoms with Crippen molar-refractivity contribution in [3.05, 3.63) is 71.5 Å². The SMILES string of the molecule is [C-]#[N+]c1ccc2c(c1)OC[C@H]2N(C(=O)c1ccc2nc(N)c3cncn3c2c1)C1CC1. The summed E-state index contributed by atoms with van der Waals surface area (Å²) in [5.74, 6) is 1.06. The summed E-state index contributed by atoms with van der Waals surface area (Å²) in [7, 11) is 0. The Bertz CT molecular complexity index is 1420. The molecule has 0 radical (unpaired) electrons. The van der Waals surface area contributed by atoms with Crippen LogP contribution in [0, 0.1) is 6.57 Å². The van der Waals surface area contributed by atoms with E-state index in [1.165, 1.54) is 0 Å². The zero-order valence-corrected chi connectivity index (χ0v) is 16.5. The molecule has 1 amide bonds. The fraction of sp³-hybridized carbons (Fsp3) is 0.217. The number of hydrogen-bond acceptors (Lipinski definition) is 5. The smallest absolute Gasteiger partial charge is 0.254 e. The quantitative estimate of drug-likeness (QED) is 0.520. The number of nitrogen functional groups attached to an aromatic ring is 1. The van der Waals surface area contributed by atoms with E-state index in [0.717, 1.165) is 23.9 Å². The molecular weight excluding hydrogens is 392 g/mol. The van der Waals surface area contributed by atoms with Crippen molar-refractivity contribution in [1.82, 2.24) is 19.3 Å². The molecule has 8 heteroatoms. The normalized spacial score (nSPS) is 17.3. The number of amides is 1. The lowest BCUT2D eigenvalue weighted by atomic mass is 10.0. The molecule has 0 spiro atoms. The van der Waals surface area contributed by atoms with Gasteiger partial charge in [-0.3, -0.25) is 9.20 Å². The maximum absolute atomic E-state index is 13.7. The molecule has 1 atom stereocenters. The Kier molecular flexibility index (Phi) is 3.68. The second kappa shape index (κ2) is 6.44. The second-order valence-electron chi connectivity index (χ2n) is 7.95. The minimum Gasteiger partial charge on any atom is -0.492 e. The number of carbonyl (C=O) groups excluding carboxylic acids is 1. The monoisotopic (exact) mass is 410 g/mol. The number of anilines is 1. The van der Waals surface area contributed by atoms with Crippen LogP contribution in [-0.4, -0.2) is 37.8 Å². The van der Waals surface area contributed by atoms with E-state index in [2.05, 4.69) is 14.8 Å². The molecule has 1 aliphatic carbocycles. The van der Waals surface area contributed by atoms with Gasteiger partial charge < -0.3 is 15.4 Å². The van der Waals surface area contributed by atoms with Crippen LogP contribution in [0.1, 0.15) is 34.8 Å². The first-order chi connectivity index (χ1) is 15.1. The van der Waals surface area contributed by atoms with Crippen molar-refractivity contribution in [2.45, 2.75) is 24.9 Å². The summed E-state index contributed by atoms with van der Waals surface area (Å²) in [6, 6.07) is 10.9. The number of aromatic nitrogens is 3. The third-order valence-electron chi connectivity index (χ3n) is 6.02. The number of rotatable bonds is 3. The van der Waals surface area contributed by atoms with Gasteiger partial charge in [0.05, 0.1) is 36.2 Å².